The van der Waals surface area contributed by atoms with Crippen LogP contribution in [-0.4, -0.2) is 47.3 Å². The number of ether oxygens (including phenoxy) is 1. The molecule has 2 N–H and O–H groups in total. The van der Waals surface area contributed by atoms with E-state index >= 15 is 4.39 Å². The molecule has 2 unspecified atom stereocenters. The van der Waals surface area contributed by atoms with Gasteiger partial charge in [0.05, 0.1) is 0 Å². The number of rotatable bonds is 4. The molecule has 0 radical (unpaired) electrons. The Balaban J connectivity index is 2.38. The van der Waals surface area contributed by atoms with E-state index in [9.17, 15) is 19.5 Å². The Labute approximate surface area is 144 Å². The Hall–Kier alpha value is -1.78. The van der Waals surface area contributed by atoms with Crippen molar-refractivity contribution in [2.45, 2.75) is 63.5 Å². The van der Waals surface area contributed by atoms with Crippen molar-refractivity contribution in [3.05, 3.63) is 33.1 Å². The number of aromatic nitrogens is 2. The van der Waals surface area contributed by atoms with Crippen LogP contribution in [0, 0.1) is 0 Å². The van der Waals surface area contributed by atoms with Crippen LogP contribution in [0.2, 0.25) is 18.1 Å². The molecule has 140 valence electrons. The fourth-order valence-corrected chi connectivity index (χ4v) is 3.61. The van der Waals surface area contributed by atoms with Gasteiger partial charge in [0, 0.05) is 12.3 Å². The van der Waals surface area contributed by atoms with Gasteiger partial charge in [-0.25, -0.2) is 14.0 Å². The predicted octanol–water partition coefficient (Wildman–Crippen LogP) is 1.25. The summed E-state index contributed by atoms with van der Waals surface area (Å²) >= 11 is 0. The number of aromatic amines is 1. The lowest BCUT2D eigenvalue weighted by molar-refractivity contribution is -0.155. The fraction of sp³-hybridized carbons (Fsp3) is 0.667. The summed E-state index contributed by atoms with van der Waals surface area (Å²) in [6.07, 6.45) is -5.18. The lowest BCUT2D eigenvalue weighted by Gasteiger charge is -2.39. The summed E-state index contributed by atoms with van der Waals surface area (Å²) < 4.78 is 27.0. The van der Waals surface area contributed by atoms with E-state index in [0.717, 1.165) is 16.8 Å². The van der Waals surface area contributed by atoms with Crippen LogP contribution in [-0.2, 0) is 14.0 Å². The monoisotopic (exact) mass is 374 g/mol. The Bertz CT molecular complexity index is 768. The number of carboxylic acid groups (broad SMARTS) is 1. The van der Waals surface area contributed by atoms with Crippen molar-refractivity contribution in [3.63, 3.8) is 0 Å². The van der Waals surface area contributed by atoms with Crippen molar-refractivity contribution in [3.8, 4) is 0 Å². The minimum Gasteiger partial charge on any atom is -0.479 e. The van der Waals surface area contributed by atoms with Crippen LogP contribution in [0.5, 0.6) is 0 Å². The molecule has 2 heterocycles. The summed E-state index contributed by atoms with van der Waals surface area (Å²) in [4.78, 5) is 36.5. The van der Waals surface area contributed by atoms with Crippen LogP contribution in [0.25, 0.3) is 0 Å². The maximum Gasteiger partial charge on any atom is 0.335 e. The summed E-state index contributed by atoms with van der Waals surface area (Å²) in [6.45, 7) is 9.59. The molecule has 1 aliphatic heterocycles. The summed E-state index contributed by atoms with van der Waals surface area (Å²) in [7, 11) is -2.48. The molecule has 25 heavy (non-hydrogen) atoms. The van der Waals surface area contributed by atoms with Crippen LogP contribution < -0.4 is 11.2 Å². The van der Waals surface area contributed by atoms with E-state index in [1.54, 1.807) is 0 Å². The van der Waals surface area contributed by atoms with Gasteiger partial charge in [-0.2, -0.15) is 0 Å². The van der Waals surface area contributed by atoms with Crippen LogP contribution in [0.4, 0.5) is 4.39 Å². The molecular formula is C15H23FN2O6Si. The third kappa shape index (κ3) is 3.75. The average Bonchev–Trinajstić information content (AvgIpc) is 2.75. The minimum absolute atomic E-state index is 0.261. The molecule has 0 aromatic carbocycles. The molecule has 4 atom stereocenters. The van der Waals surface area contributed by atoms with E-state index in [2.05, 4.69) is 0 Å². The van der Waals surface area contributed by atoms with E-state index in [-0.39, 0.29) is 5.04 Å². The Morgan fingerprint density at radius 1 is 1.40 bits per heavy atom. The first-order valence-electron chi connectivity index (χ1n) is 7.87. The predicted molar refractivity (Wildman–Crippen MR) is 89.8 cm³/mol. The van der Waals surface area contributed by atoms with E-state index in [1.807, 2.05) is 38.8 Å². The standard InChI is InChI=1S/C15H23FN2O6Si/c1-15(2,3)25(4,5)24-10-9(16)12(23-11(10)13(20)21)18-7-6-8(19)17-14(18)22/h6-7,9-12H,1-5H3,(H,20,21)(H,17,19,22)/t9?,10?,11-,12+/m0/s1. The van der Waals surface area contributed by atoms with Crippen molar-refractivity contribution in [2.75, 3.05) is 0 Å². The van der Waals surface area contributed by atoms with E-state index in [4.69, 9.17) is 9.16 Å². The number of hydrogen-bond acceptors (Lipinski definition) is 5. The smallest absolute Gasteiger partial charge is 0.335 e. The number of carbonyl (C=O) groups is 1. The summed E-state index contributed by atoms with van der Waals surface area (Å²) in [5, 5.41) is 9.12. The number of halogens is 1. The van der Waals surface area contributed by atoms with Crippen LogP contribution in [0.15, 0.2) is 21.9 Å². The average molecular weight is 374 g/mol. The molecule has 1 fully saturated rings. The molecule has 1 aromatic heterocycles. The van der Waals surface area contributed by atoms with Crippen molar-refractivity contribution in [2.24, 2.45) is 0 Å². The lowest BCUT2D eigenvalue weighted by atomic mass is 10.1. The van der Waals surface area contributed by atoms with Crippen molar-refractivity contribution in [1.82, 2.24) is 9.55 Å². The topological polar surface area (TPSA) is 111 Å². The number of hydrogen-bond donors (Lipinski definition) is 2. The zero-order chi connectivity index (χ0) is 19.2. The molecule has 2 rings (SSSR count). The number of alkyl halides is 1. The van der Waals surface area contributed by atoms with E-state index in [1.165, 1.54) is 0 Å². The molecule has 0 amide bonds. The summed E-state index contributed by atoms with van der Waals surface area (Å²) in [5.41, 5.74) is -1.52. The second-order valence-electron chi connectivity index (χ2n) is 7.59. The number of nitrogens with zero attached hydrogens (tertiary/aromatic N) is 1. The number of H-pyrrole nitrogens is 1. The Morgan fingerprint density at radius 2 is 2.00 bits per heavy atom. The highest BCUT2D eigenvalue weighted by Crippen LogP contribution is 2.41. The molecule has 0 aliphatic carbocycles. The molecule has 8 nitrogen and oxygen atoms in total. The van der Waals surface area contributed by atoms with Crippen LogP contribution in [0.3, 0.4) is 0 Å². The first-order chi connectivity index (χ1) is 11.3. The van der Waals surface area contributed by atoms with Gasteiger partial charge in [0.1, 0.15) is 6.10 Å². The minimum atomic E-state index is -2.48. The molecular weight excluding hydrogens is 351 g/mol. The van der Waals surface area contributed by atoms with Crippen LogP contribution >= 0.6 is 0 Å². The third-order valence-corrected chi connectivity index (χ3v) is 9.25. The zero-order valence-electron chi connectivity index (χ0n) is 14.8. The lowest BCUT2D eigenvalue weighted by Crippen LogP contribution is -2.49. The highest BCUT2D eigenvalue weighted by atomic mass is 28.4. The van der Waals surface area contributed by atoms with Gasteiger partial charge in [-0.1, -0.05) is 20.8 Å². The largest absolute Gasteiger partial charge is 0.479 e. The Kier molecular flexibility index (Phi) is 5.08. The summed E-state index contributed by atoms with van der Waals surface area (Å²) in [6, 6.07) is 1.04. The van der Waals surface area contributed by atoms with Gasteiger partial charge in [-0.05, 0) is 18.1 Å². The van der Waals surface area contributed by atoms with Gasteiger partial charge in [0.15, 0.2) is 26.8 Å². The molecule has 1 saturated heterocycles. The normalized spacial score (nSPS) is 27.4. The van der Waals surface area contributed by atoms with Gasteiger partial charge in [-0.15, -0.1) is 0 Å². The van der Waals surface area contributed by atoms with Crippen molar-refractivity contribution < 1.29 is 23.5 Å². The van der Waals surface area contributed by atoms with Gasteiger partial charge >= 0.3 is 11.7 Å². The second kappa shape index (κ2) is 6.50. The quantitative estimate of drug-likeness (QED) is 0.768. The van der Waals surface area contributed by atoms with Crippen LogP contribution in [0.1, 0.15) is 27.0 Å². The molecule has 0 bridgehead atoms. The Morgan fingerprint density at radius 3 is 2.48 bits per heavy atom. The SMILES string of the molecule is CC(C)(C)[Si](C)(C)OC1C(F)[C@H](n2ccc(=O)[nH]c2=O)O[C@@H]1C(=O)O. The molecule has 0 saturated carbocycles. The van der Waals surface area contributed by atoms with E-state index < -0.39 is 50.1 Å². The number of carboxylic acids is 1. The van der Waals surface area contributed by atoms with Crippen molar-refractivity contribution >= 4 is 14.3 Å². The molecule has 1 aliphatic rings. The van der Waals surface area contributed by atoms with Gasteiger partial charge in [-0.3, -0.25) is 14.3 Å². The van der Waals surface area contributed by atoms with E-state index in [0.29, 0.717) is 0 Å². The molecule has 1 aromatic rings. The van der Waals surface area contributed by atoms with Crippen molar-refractivity contribution in [1.29, 1.82) is 0 Å². The van der Waals surface area contributed by atoms with Gasteiger partial charge in [0.2, 0.25) is 0 Å². The highest BCUT2D eigenvalue weighted by Gasteiger charge is 2.54. The second-order valence-corrected chi connectivity index (χ2v) is 12.3. The first-order valence-corrected chi connectivity index (χ1v) is 10.8. The third-order valence-electron chi connectivity index (χ3n) is 4.78. The van der Waals surface area contributed by atoms with Gasteiger partial charge < -0.3 is 14.3 Å². The number of aliphatic carboxylic acids is 1. The van der Waals surface area contributed by atoms with Gasteiger partial charge in [0.25, 0.3) is 5.56 Å². The zero-order valence-corrected chi connectivity index (χ0v) is 15.8. The maximum absolute atomic E-state index is 15.0. The number of nitrogens with one attached hydrogen (secondary N) is 1. The fourth-order valence-electron chi connectivity index (χ4n) is 2.32. The highest BCUT2D eigenvalue weighted by molar-refractivity contribution is 6.74. The molecule has 0 spiro atoms. The first kappa shape index (κ1) is 19.5. The summed E-state index contributed by atoms with van der Waals surface area (Å²) in [5.74, 6) is -1.37. The molecule has 10 heteroatoms. The maximum atomic E-state index is 15.0.